The van der Waals surface area contributed by atoms with Crippen LogP contribution in [0.5, 0.6) is 0 Å². The van der Waals surface area contributed by atoms with Gasteiger partial charge < -0.3 is 5.32 Å². The number of rotatable bonds is 7. The van der Waals surface area contributed by atoms with E-state index in [0.717, 1.165) is 5.56 Å². The second kappa shape index (κ2) is 8.59. The molecule has 0 bridgehead atoms. The molecule has 0 fully saturated rings. The number of hydrogen-bond acceptors (Lipinski definition) is 5. The Morgan fingerprint density at radius 2 is 1.96 bits per heavy atom. The molecular weight excluding hydrogens is 365 g/mol. The van der Waals surface area contributed by atoms with E-state index in [-0.39, 0.29) is 11.7 Å². The number of nitrogens with one attached hydrogen (secondary N) is 1. The molecular formula is C19H18FN5OS. The molecule has 6 nitrogen and oxygen atoms in total. The van der Waals surface area contributed by atoms with E-state index >= 15 is 0 Å². The average Bonchev–Trinajstić information content (AvgIpc) is 3.07. The summed E-state index contributed by atoms with van der Waals surface area (Å²) in [6, 6.07) is 9.34. The van der Waals surface area contributed by atoms with E-state index in [9.17, 15) is 9.18 Å². The van der Waals surface area contributed by atoms with Crippen LogP contribution in [0, 0.1) is 5.82 Å². The Hall–Kier alpha value is -3.00. The lowest BCUT2D eigenvalue weighted by molar-refractivity contribution is -0.115. The fraction of sp³-hybridized carbons (Fsp3) is 0.158. The first-order valence-corrected chi connectivity index (χ1v) is 9.14. The van der Waals surface area contributed by atoms with E-state index in [1.165, 1.54) is 36.0 Å². The van der Waals surface area contributed by atoms with Gasteiger partial charge in [-0.2, -0.15) is 0 Å². The monoisotopic (exact) mass is 383 g/mol. The number of pyridine rings is 1. The largest absolute Gasteiger partial charge is 0.325 e. The Morgan fingerprint density at radius 1 is 1.26 bits per heavy atom. The zero-order valence-electron chi connectivity index (χ0n) is 14.7. The van der Waals surface area contributed by atoms with Crippen LogP contribution < -0.4 is 5.32 Å². The summed E-state index contributed by atoms with van der Waals surface area (Å²) in [5, 5.41) is 11.4. The zero-order chi connectivity index (χ0) is 19.2. The summed E-state index contributed by atoms with van der Waals surface area (Å²) in [6.45, 7) is 6.07. The number of aromatic nitrogens is 4. The van der Waals surface area contributed by atoms with Gasteiger partial charge in [-0.05, 0) is 43.3 Å². The number of benzene rings is 1. The maximum atomic E-state index is 13.0. The molecule has 3 aromatic rings. The van der Waals surface area contributed by atoms with Crippen LogP contribution in [-0.2, 0) is 11.3 Å². The smallest absolute Gasteiger partial charge is 0.237 e. The molecule has 0 saturated heterocycles. The molecule has 138 valence electrons. The van der Waals surface area contributed by atoms with Crippen LogP contribution >= 0.6 is 11.8 Å². The second-order valence-electron chi connectivity index (χ2n) is 5.70. The molecule has 2 heterocycles. The predicted octanol–water partition coefficient (Wildman–Crippen LogP) is 3.78. The molecule has 0 aliphatic heterocycles. The average molecular weight is 383 g/mol. The Balaban J connectivity index is 1.76. The number of carbonyl (C=O) groups is 1. The van der Waals surface area contributed by atoms with Gasteiger partial charge in [0.2, 0.25) is 5.91 Å². The van der Waals surface area contributed by atoms with E-state index < -0.39 is 5.25 Å². The van der Waals surface area contributed by atoms with Crippen molar-refractivity contribution in [3.05, 3.63) is 67.3 Å². The number of halogens is 1. The highest BCUT2D eigenvalue weighted by molar-refractivity contribution is 8.00. The van der Waals surface area contributed by atoms with Gasteiger partial charge in [0.05, 0.1) is 5.25 Å². The van der Waals surface area contributed by atoms with Crippen molar-refractivity contribution in [1.29, 1.82) is 0 Å². The number of carbonyl (C=O) groups excluding carboxylic acids is 1. The first-order chi connectivity index (χ1) is 13.1. The van der Waals surface area contributed by atoms with Gasteiger partial charge in [0.25, 0.3) is 0 Å². The van der Waals surface area contributed by atoms with Gasteiger partial charge in [0.1, 0.15) is 5.82 Å². The lowest BCUT2D eigenvalue weighted by atomic mass is 10.2. The molecule has 8 heteroatoms. The lowest BCUT2D eigenvalue weighted by Gasteiger charge is -2.13. The van der Waals surface area contributed by atoms with Crippen molar-refractivity contribution in [1.82, 2.24) is 19.7 Å². The van der Waals surface area contributed by atoms with E-state index in [4.69, 9.17) is 0 Å². The van der Waals surface area contributed by atoms with Crippen molar-refractivity contribution in [2.24, 2.45) is 0 Å². The summed E-state index contributed by atoms with van der Waals surface area (Å²) in [6.07, 6.45) is 5.13. The summed E-state index contributed by atoms with van der Waals surface area (Å²) in [5.41, 5.74) is 1.42. The minimum Gasteiger partial charge on any atom is -0.325 e. The van der Waals surface area contributed by atoms with Gasteiger partial charge in [-0.3, -0.25) is 14.3 Å². The lowest BCUT2D eigenvalue weighted by Crippen LogP contribution is -2.23. The Morgan fingerprint density at radius 3 is 2.63 bits per heavy atom. The Kier molecular flexibility index (Phi) is 5.97. The molecule has 2 aromatic heterocycles. The molecule has 0 saturated carbocycles. The fourth-order valence-electron chi connectivity index (χ4n) is 2.37. The molecule has 0 radical (unpaired) electrons. The number of amides is 1. The first kappa shape index (κ1) is 18.8. The van der Waals surface area contributed by atoms with Crippen LogP contribution in [0.4, 0.5) is 10.1 Å². The SMILES string of the molecule is C=CCn1c(S[C@@H](C)C(=O)Nc2ccc(F)cc2)nnc1-c1ccncc1. The number of nitrogens with zero attached hydrogens (tertiary/aromatic N) is 4. The van der Waals surface area contributed by atoms with E-state index in [2.05, 4.69) is 27.1 Å². The molecule has 1 N–H and O–H groups in total. The van der Waals surface area contributed by atoms with Crippen LogP contribution in [0.15, 0.2) is 66.6 Å². The van der Waals surface area contributed by atoms with Crippen LogP contribution in [0.25, 0.3) is 11.4 Å². The van der Waals surface area contributed by atoms with Crippen LogP contribution in [-0.4, -0.2) is 30.9 Å². The second-order valence-corrected chi connectivity index (χ2v) is 7.01. The van der Waals surface area contributed by atoms with Gasteiger partial charge >= 0.3 is 0 Å². The number of anilines is 1. The highest BCUT2D eigenvalue weighted by Gasteiger charge is 2.20. The zero-order valence-corrected chi connectivity index (χ0v) is 15.5. The third-order valence-corrected chi connectivity index (χ3v) is 4.81. The number of thioether (sulfide) groups is 1. The summed E-state index contributed by atoms with van der Waals surface area (Å²) < 4.78 is 14.9. The van der Waals surface area contributed by atoms with Crippen molar-refractivity contribution in [3.8, 4) is 11.4 Å². The van der Waals surface area contributed by atoms with Crippen LogP contribution in [0.3, 0.4) is 0 Å². The van der Waals surface area contributed by atoms with Crippen molar-refractivity contribution in [2.45, 2.75) is 23.9 Å². The standard InChI is InChI=1S/C19H18FN5OS/c1-3-12-25-17(14-8-10-21-11-9-14)23-24-19(25)27-13(2)18(26)22-16-6-4-15(20)5-7-16/h3-11,13H,1,12H2,2H3,(H,22,26)/t13-/m0/s1. The van der Waals surface area contributed by atoms with Gasteiger partial charge in [-0.25, -0.2) is 4.39 Å². The Bertz CT molecular complexity index is 927. The van der Waals surface area contributed by atoms with Crippen LogP contribution in [0.2, 0.25) is 0 Å². The van der Waals surface area contributed by atoms with Crippen molar-refractivity contribution >= 4 is 23.4 Å². The molecule has 1 amide bonds. The minimum absolute atomic E-state index is 0.203. The number of hydrogen-bond donors (Lipinski definition) is 1. The summed E-state index contributed by atoms with van der Waals surface area (Å²) >= 11 is 1.30. The molecule has 3 rings (SSSR count). The maximum absolute atomic E-state index is 13.0. The summed E-state index contributed by atoms with van der Waals surface area (Å²) in [4.78, 5) is 16.4. The summed E-state index contributed by atoms with van der Waals surface area (Å²) in [5.74, 6) is 0.132. The fourth-order valence-corrected chi connectivity index (χ4v) is 3.23. The van der Waals surface area contributed by atoms with Gasteiger partial charge in [0.15, 0.2) is 11.0 Å². The molecule has 27 heavy (non-hydrogen) atoms. The van der Waals surface area contributed by atoms with Crippen molar-refractivity contribution < 1.29 is 9.18 Å². The van der Waals surface area contributed by atoms with E-state index in [1.54, 1.807) is 25.4 Å². The third kappa shape index (κ3) is 4.59. The predicted molar refractivity (Wildman–Crippen MR) is 104 cm³/mol. The van der Waals surface area contributed by atoms with E-state index in [1.807, 2.05) is 16.7 Å². The third-order valence-electron chi connectivity index (χ3n) is 3.73. The highest BCUT2D eigenvalue weighted by atomic mass is 32.2. The molecule has 1 atom stereocenters. The quantitative estimate of drug-likeness (QED) is 0.496. The first-order valence-electron chi connectivity index (χ1n) is 8.26. The molecule has 0 aliphatic carbocycles. The van der Waals surface area contributed by atoms with Crippen molar-refractivity contribution in [3.63, 3.8) is 0 Å². The highest BCUT2D eigenvalue weighted by Crippen LogP contribution is 2.27. The van der Waals surface area contributed by atoms with Gasteiger partial charge in [-0.15, -0.1) is 16.8 Å². The van der Waals surface area contributed by atoms with Gasteiger partial charge in [-0.1, -0.05) is 17.8 Å². The van der Waals surface area contributed by atoms with Gasteiger partial charge in [0, 0.05) is 30.2 Å². The van der Waals surface area contributed by atoms with E-state index in [0.29, 0.717) is 23.2 Å². The van der Waals surface area contributed by atoms with Crippen LogP contribution in [0.1, 0.15) is 6.92 Å². The molecule has 1 aromatic carbocycles. The normalized spacial score (nSPS) is 11.8. The Labute approximate surface area is 160 Å². The molecule has 0 spiro atoms. The number of allylic oxidation sites excluding steroid dienone is 1. The minimum atomic E-state index is -0.423. The maximum Gasteiger partial charge on any atom is 0.237 e. The molecule has 0 unspecified atom stereocenters. The summed E-state index contributed by atoms with van der Waals surface area (Å²) in [7, 11) is 0. The topological polar surface area (TPSA) is 72.7 Å². The molecule has 0 aliphatic rings. The van der Waals surface area contributed by atoms with Crippen molar-refractivity contribution in [2.75, 3.05) is 5.32 Å².